The van der Waals surface area contributed by atoms with Gasteiger partial charge in [-0.1, -0.05) is 0 Å². The predicted octanol–water partition coefficient (Wildman–Crippen LogP) is 2.91. The topological polar surface area (TPSA) is 37.3 Å². The molecule has 0 radical (unpaired) electrons. The Morgan fingerprint density at radius 3 is 2.06 bits per heavy atom. The maximum Gasteiger partial charge on any atom is 0.286 e. The minimum Gasteiger partial charge on any atom is -0.485 e. The Kier molecular flexibility index (Phi) is 7.86. The zero-order valence-electron chi connectivity index (χ0n) is 8.56. The van der Waals surface area contributed by atoms with E-state index in [0.717, 1.165) is 11.6 Å². The molecule has 0 atom stereocenters. The van der Waals surface area contributed by atoms with Crippen LogP contribution in [0, 0.1) is 0 Å². The van der Waals surface area contributed by atoms with Crippen LogP contribution in [0.1, 0.15) is 5.56 Å². The normalized spacial score (nSPS) is 9.00. The average Bonchev–Trinajstić information content (AvgIpc) is 2.91. The first-order valence-electron chi connectivity index (χ1n) is 4.58. The molecule has 0 aliphatic heterocycles. The molecule has 0 fully saturated rings. The number of hydrogen-bond donors (Lipinski definition) is 1. The van der Waals surface area contributed by atoms with Crippen molar-refractivity contribution >= 4 is 12.0 Å². The number of carbonyl (C=O) groups is 1. The Balaban J connectivity index is 0.000000318. The van der Waals surface area contributed by atoms with Gasteiger partial charge in [0.05, 0.1) is 0 Å². The molecule has 2 aromatic carbocycles. The Bertz CT molecular complexity index is 368. The average molecular weight is 256 g/mol. The van der Waals surface area contributed by atoms with E-state index in [1.807, 2.05) is 54.6 Å². The van der Waals surface area contributed by atoms with E-state index in [2.05, 4.69) is 0 Å². The van der Waals surface area contributed by atoms with Gasteiger partial charge < -0.3 is 5.11 Å². The van der Waals surface area contributed by atoms with Crippen molar-refractivity contribution in [1.29, 1.82) is 0 Å². The van der Waals surface area contributed by atoms with Gasteiger partial charge in [0.25, 0.3) is 5.97 Å². The summed E-state index contributed by atoms with van der Waals surface area (Å²) >= 11 is 0. The molecule has 0 saturated heterocycles. The van der Waals surface area contributed by atoms with Gasteiger partial charge in [0.15, 0.2) is 0 Å². The number of aliphatic carboxylic acids is 1. The van der Waals surface area contributed by atoms with Crippen LogP contribution in [-0.2, 0) is 21.9 Å². The quantitative estimate of drug-likeness (QED) is 0.509. The first-order valence-corrected chi connectivity index (χ1v) is 4.58. The second kappa shape index (κ2) is 8.71. The van der Waals surface area contributed by atoms with Gasteiger partial charge in [-0.25, -0.2) is 12.1 Å². The first kappa shape index (κ1) is 14.4. The molecular weight excluding hydrogens is 244 g/mol. The molecule has 2 nitrogen and oxygen atoms in total. The summed E-state index contributed by atoms with van der Waals surface area (Å²) in [7, 11) is 0. The van der Waals surface area contributed by atoms with Crippen LogP contribution in [0.15, 0.2) is 60.7 Å². The molecular formula is C13H12FeO2-2. The van der Waals surface area contributed by atoms with Crippen LogP contribution in [0.3, 0.4) is 0 Å². The van der Waals surface area contributed by atoms with Gasteiger partial charge in [0, 0.05) is 17.1 Å². The van der Waals surface area contributed by atoms with Crippen molar-refractivity contribution in [1.82, 2.24) is 0 Å². The van der Waals surface area contributed by atoms with E-state index >= 15 is 0 Å². The summed E-state index contributed by atoms with van der Waals surface area (Å²) in [5.41, 5.74) is 0.919. The van der Waals surface area contributed by atoms with Crippen LogP contribution in [-0.4, -0.2) is 11.1 Å². The van der Waals surface area contributed by atoms with Crippen LogP contribution in [0.2, 0.25) is 0 Å². The van der Waals surface area contributed by atoms with Crippen LogP contribution < -0.4 is 0 Å². The molecule has 1 N–H and O–H groups in total. The van der Waals surface area contributed by atoms with Crippen molar-refractivity contribution in [3.05, 3.63) is 66.2 Å². The Hall–Kier alpha value is -1.57. The van der Waals surface area contributed by atoms with E-state index in [4.69, 9.17) is 5.11 Å². The summed E-state index contributed by atoms with van der Waals surface area (Å²) in [4.78, 5) is 10.0. The maximum absolute atomic E-state index is 10.0. The van der Waals surface area contributed by atoms with Crippen molar-refractivity contribution in [3.8, 4) is 0 Å². The van der Waals surface area contributed by atoms with E-state index in [9.17, 15) is 4.79 Å². The monoisotopic (exact) mass is 256 g/mol. The minimum atomic E-state index is -0.916. The second-order valence-corrected chi connectivity index (χ2v) is 2.85. The number of carboxylic acids is 1. The molecule has 0 aromatic heterocycles. The molecule has 0 amide bonds. The molecule has 0 saturated carbocycles. The molecule has 3 heteroatoms. The molecule has 0 bridgehead atoms. The number of carboxylic acid groups (broad SMARTS) is 1. The summed E-state index contributed by atoms with van der Waals surface area (Å²) in [6, 6.07) is 17.4. The van der Waals surface area contributed by atoms with Crippen molar-refractivity contribution in [3.63, 3.8) is 0 Å². The summed E-state index contributed by atoms with van der Waals surface area (Å²) in [6.07, 6.45) is 2.68. The van der Waals surface area contributed by atoms with Crippen LogP contribution in [0.5, 0.6) is 0 Å². The molecule has 2 aromatic rings. The third-order valence-electron chi connectivity index (χ3n) is 1.66. The van der Waals surface area contributed by atoms with E-state index < -0.39 is 5.97 Å². The molecule has 16 heavy (non-hydrogen) atoms. The molecule has 2 rings (SSSR count). The Morgan fingerprint density at radius 1 is 1.12 bits per heavy atom. The molecule has 86 valence electrons. The van der Waals surface area contributed by atoms with Crippen molar-refractivity contribution < 1.29 is 27.0 Å². The Morgan fingerprint density at radius 2 is 1.69 bits per heavy atom. The zero-order chi connectivity index (χ0) is 10.9. The first-order chi connectivity index (χ1) is 7.29. The van der Waals surface area contributed by atoms with Gasteiger partial charge in [-0.05, 0) is 6.08 Å². The van der Waals surface area contributed by atoms with E-state index in [1.54, 1.807) is 6.08 Å². The molecule has 0 spiro atoms. The summed E-state index contributed by atoms with van der Waals surface area (Å²) in [6.45, 7) is 0. The van der Waals surface area contributed by atoms with Crippen LogP contribution in [0.25, 0.3) is 6.08 Å². The minimum absolute atomic E-state index is 0. The smallest absolute Gasteiger partial charge is 0.286 e. The van der Waals surface area contributed by atoms with E-state index in [0.29, 0.717) is 0 Å². The molecule has 0 unspecified atom stereocenters. The predicted molar refractivity (Wildman–Crippen MR) is 60.7 cm³/mol. The SMILES string of the molecule is O=C(O)/C=C/[c-]1cccc1.[Fe].c1cc[cH-]c1. The number of hydrogen-bond acceptors (Lipinski definition) is 1. The molecule has 0 aliphatic rings. The van der Waals surface area contributed by atoms with Gasteiger partial charge in [-0.3, -0.25) is 4.79 Å². The van der Waals surface area contributed by atoms with Crippen molar-refractivity contribution in [2.24, 2.45) is 0 Å². The van der Waals surface area contributed by atoms with Gasteiger partial charge in [0.2, 0.25) is 0 Å². The number of rotatable bonds is 2. The van der Waals surface area contributed by atoms with Crippen molar-refractivity contribution in [2.75, 3.05) is 0 Å². The second-order valence-electron chi connectivity index (χ2n) is 2.85. The Labute approximate surface area is 105 Å². The van der Waals surface area contributed by atoms with Crippen LogP contribution >= 0.6 is 0 Å². The van der Waals surface area contributed by atoms with E-state index in [1.165, 1.54) is 0 Å². The summed E-state index contributed by atoms with van der Waals surface area (Å²) < 4.78 is 0. The van der Waals surface area contributed by atoms with E-state index in [-0.39, 0.29) is 17.1 Å². The third kappa shape index (κ3) is 6.82. The summed E-state index contributed by atoms with van der Waals surface area (Å²) in [5, 5.41) is 8.23. The fourth-order valence-electron chi connectivity index (χ4n) is 0.988. The van der Waals surface area contributed by atoms with Gasteiger partial charge in [-0.2, -0.15) is 30.3 Å². The largest absolute Gasteiger partial charge is 0.485 e. The molecule has 0 aliphatic carbocycles. The standard InChI is InChI=1S/C8H7O2.C5H5.Fe/c9-8(10)6-5-7-3-1-2-4-7;1-2-4-5-3-1;/h1-6H,(H,9,10);1-5H;/q2*-1;/b6-5+;;. The zero-order valence-corrected chi connectivity index (χ0v) is 9.66. The summed E-state index contributed by atoms with van der Waals surface area (Å²) in [5.74, 6) is -0.916. The molecule has 0 heterocycles. The maximum atomic E-state index is 10.0. The van der Waals surface area contributed by atoms with Gasteiger partial charge >= 0.3 is 0 Å². The third-order valence-corrected chi connectivity index (χ3v) is 1.66. The fraction of sp³-hybridized carbons (Fsp3) is 0. The van der Waals surface area contributed by atoms with Gasteiger partial charge in [-0.15, -0.1) is 23.8 Å². The van der Waals surface area contributed by atoms with Crippen LogP contribution in [0.4, 0.5) is 0 Å². The fourth-order valence-corrected chi connectivity index (χ4v) is 0.988. The van der Waals surface area contributed by atoms with Gasteiger partial charge in [0.1, 0.15) is 0 Å². The van der Waals surface area contributed by atoms with Crippen molar-refractivity contribution in [2.45, 2.75) is 0 Å².